The smallest absolute Gasteiger partial charge is 0.0745 e. The summed E-state index contributed by atoms with van der Waals surface area (Å²) in [6.07, 6.45) is 0.885. The highest BCUT2D eigenvalue weighted by Gasteiger charge is 2.22. The van der Waals surface area contributed by atoms with Crippen LogP contribution in [0.15, 0.2) is 71.8 Å². The van der Waals surface area contributed by atoms with Crippen molar-refractivity contribution in [2.45, 2.75) is 12.5 Å². The highest BCUT2D eigenvalue weighted by Crippen LogP contribution is 2.28. The van der Waals surface area contributed by atoms with Crippen LogP contribution in [0.4, 0.5) is 0 Å². The monoisotopic (exact) mass is 306 g/mol. The summed E-state index contributed by atoms with van der Waals surface area (Å²) < 4.78 is 0. The molecule has 22 heavy (non-hydrogen) atoms. The molecule has 2 nitrogen and oxygen atoms in total. The molecule has 1 atom stereocenters. The maximum Gasteiger partial charge on any atom is 0.0745 e. The van der Waals surface area contributed by atoms with E-state index in [1.54, 1.807) is 0 Å². The highest BCUT2D eigenvalue weighted by molar-refractivity contribution is 6.30. The Hall–Kier alpha value is -2.32. The molecule has 1 N–H and O–H groups in total. The maximum atomic E-state index is 5.96. The molecule has 1 heterocycles. The molecule has 0 fully saturated rings. The van der Waals surface area contributed by atoms with Crippen LogP contribution in [0.3, 0.4) is 0 Å². The van der Waals surface area contributed by atoms with Gasteiger partial charge in [0.05, 0.1) is 11.8 Å². The van der Waals surface area contributed by atoms with Crippen LogP contribution < -0.4 is 5.43 Å². The predicted octanol–water partition coefficient (Wildman–Crippen LogP) is 4.93. The Morgan fingerprint density at radius 2 is 1.68 bits per heavy atom. The first-order valence-corrected chi connectivity index (χ1v) is 7.75. The lowest BCUT2D eigenvalue weighted by atomic mass is 9.95. The van der Waals surface area contributed by atoms with E-state index in [9.17, 15) is 0 Å². The van der Waals surface area contributed by atoms with Crippen LogP contribution in [0.25, 0.3) is 10.8 Å². The van der Waals surface area contributed by atoms with Crippen molar-refractivity contribution in [3.05, 3.63) is 82.9 Å². The number of hydrogen-bond acceptors (Lipinski definition) is 2. The quantitative estimate of drug-likeness (QED) is 0.713. The Morgan fingerprint density at radius 3 is 2.55 bits per heavy atom. The van der Waals surface area contributed by atoms with Gasteiger partial charge in [-0.2, -0.15) is 5.10 Å². The summed E-state index contributed by atoms with van der Waals surface area (Å²) in [5, 5.41) is 7.83. The van der Waals surface area contributed by atoms with Crippen LogP contribution in [0, 0.1) is 0 Å². The third-order valence-electron chi connectivity index (χ3n) is 4.13. The molecule has 3 aromatic carbocycles. The van der Waals surface area contributed by atoms with Crippen molar-refractivity contribution >= 4 is 28.1 Å². The van der Waals surface area contributed by atoms with Gasteiger partial charge >= 0.3 is 0 Å². The second kappa shape index (κ2) is 5.47. The third kappa shape index (κ3) is 2.36. The Balaban J connectivity index is 1.66. The first-order valence-electron chi connectivity index (χ1n) is 7.37. The van der Waals surface area contributed by atoms with Gasteiger partial charge in [-0.1, -0.05) is 66.2 Å². The normalized spacial score (nSPS) is 17.3. The zero-order valence-corrected chi connectivity index (χ0v) is 12.7. The average Bonchev–Trinajstić information content (AvgIpc) is 3.05. The van der Waals surface area contributed by atoms with Crippen molar-refractivity contribution in [2.75, 3.05) is 0 Å². The zero-order chi connectivity index (χ0) is 14.9. The van der Waals surface area contributed by atoms with E-state index in [0.29, 0.717) is 0 Å². The molecule has 3 aromatic rings. The third-order valence-corrected chi connectivity index (χ3v) is 4.38. The first kappa shape index (κ1) is 13.4. The summed E-state index contributed by atoms with van der Waals surface area (Å²) in [4.78, 5) is 0. The van der Waals surface area contributed by atoms with Gasteiger partial charge in [0.15, 0.2) is 0 Å². The molecule has 0 aromatic heterocycles. The van der Waals surface area contributed by atoms with Gasteiger partial charge in [-0.05, 0) is 28.5 Å². The molecule has 1 aliphatic heterocycles. The number of fused-ring (bicyclic) bond motifs is 1. The van der Waals surface area contributed by atoms with Crippen LogP contribution in [-0.2, 0) is 0 Å². The molecule has 108 valence electrons. The van der Waals surface area contributed by atoms with E-state index in [1.807, 2.05) is 12.1 Å². The molecule has 0 amide bonds. The minimum absolute atomic E-state index is 0.214. The van der Waals surface area contributed by atoms with Gasteiger partial charge in [0.2, 0.25) is 0 Å². The second-order valence-corrected chi connectivity index (χ2v) is 5.96. The van der Waals surface area contributed by atoms with Crippen LogP contribution >= 0.6 is 11.6 Å². The minimum atomic E-state index is 0.214. The molecule has 1 aliphatic rings. The zero-order valence-electron chi connectivity index (χ0n) is 12.0. The summed E-state index contributed by atoms with van der Waals surface area (Å²) in [6.45, 7) is 0. The van der Waals surface area contributed by atoms with Gasteiger partial charge in [-0.3, -0.25) is 0 Å². The number of rotatable bonds is 2. The van der Waals surface area contributed by atoms with Gasteiger partial charge in [-0.15, -0.1) is 0 Å². The molecule has 0 spiro atoms. The lowest BCUT2D eigenvalue weighted by Crippen LogP contribution is -2.09. The van der Waals surface area contributed by atoms with Crippen LogP contribution in [0.2, 0.25) is 5.02 Å². The van der Waals surface area contributed by atoms with Gasteiger partial charge < -0.3 is 5.43 Å². The summed E-state index contributed by atoms with van der Waals surface area (Å²) in [6, 6.07) is 23.0. The van der Waals surface area contributed by atoms with Gasteiger partial charge in [0.1, 0.15) is 0 Å². The molecular formula is C19H15ClN2. The average molecular weight is 307 g/mol. The van der Waals surface area contributed by atoms with Crippen LogP contribution in [0.5, 0.6) is 0 Å². The molecule has 0 aliphatic carbocycles. The van der Waals surface area contributed by atoms with Gasteiger partial charge in [0, 0.05) is 17.0 Å². The lowest BCUT2D eigenvalue weighted by molar-refractivity contribution is 0.620. The Kier molecular flexibility index (Phi) is 3.32. The molecule has 0 radical (unpaired) electrons. The molecule has 0 saturated carbocycles. The van der Waals surface area contributed by atoms with E-state index in [4.69, 9.17) is 11.6 Å². The predicted molar refractivity (Wildman–Crippen MR) is 92.4 cm³/mol. The molecule has 3 heteroatoms. The number of hydrogen-bond donors (Lipinski definition) is 1. The van der Waals surface area contributed by atoms with E-state index >= 15 is 0 Å². The van der Waals surface area contributed by atoms with Crippen molar-refractivity contribution < 1.29 is 0 Å². The SMILES string of the molecule is Clc1ccc(C2CC(c3cccc4ccccc34)=NN2)cc1. The van der Waals surface area contributed by atoms with Crippen LogP contribution in [0.1, 0.15) is 23.6 Å². The van der Waals surface area contributed by atoms with Gasteiger partial charge in [0.25, 0.3) is 0 Å². The number of nitrogens with one attached hydrogen (secondary N) is 1. The van der Waals surface area contributed by atoms with E-state index < -0.39 is 0 Å². The molecular weight excluding hydrogens is 292 g/mol. The van der Waals surface area contributed by atoms with Gasteiger partial charge in [-0.25, -0.2) is 0 Å². The Labute approximate surface area is 134 Å². The summed E-state index contributed by atoms with van der Waals surface area (Å²) in [5.74, 6) is 0. The Bertz CT molecular complexity index is 847. The van der Waals surface area contributed by atoms with Crippen molar-refractivity contribution in [2.24, 2.45) is 5.10 Å². The number of halogens is 1. The van der Waals surface area contributed by atoms with Crippen molar-refractivity contribution in [3.8, 4) is 0 Å². The summed E-state index contributed by atoms with van der Waals surface area (Å²) in [5.41, 5.74) is 6.78. The Morgan fingerprint density at radius 1 is 0.909 bits per heavy atom. The topological polar surface area (TPSA) is 24.4 Å². The van der Waals surface area contributed by atoms with E-state index in [-0.39, 0.29) is 6.04 Å². The molecule has 1 unspecified atom stereocenters. The lowest BCUT2D eigenvalue weighted by Gasteiger charge is -2.10. The first-order chi connectivity index (χ1) is 10.8. The summed E-state index contributed by atoms with van der Waals surface area (Å²) >= 11 is 5.96. The number of benzene rings is 3. The summed E-state index contributed by atoms with van der Waals surface area (Å²) in [7, 11) is 0. The van der Waals surface area contributed by atoms with Crippen molar-refractivity contribution in [1.29, 1.82) is 0 Å². The molecule has 0 saturated heterocycles. The second-order valence-electron chi connectivity index (χ2n) is 5.52. The highest BCUT2D eigenvalue weighted by atomic mass is 35.5. The standard InChI is InChI=1S/C19H15ClN2/c20-15-10-8-14(9-11-15)18-12-19(22-21-18)17-7-3-5-13-4-1-2-6-16(13)17/h1-11,18,21H,12H2. The fourth-order valence-corrected chi connectivity index (χ4v) is 3.10. The molecule has 4 rings (SSSR count). The van der Waals surface area contributed by atoms with Crippen LogP contribution in [-0.4, -0.2) is 5.71 Å². The number of hydrazone groups is 1. The minimum Gasteiger partial charge on any atom is -0.302 e. The number of nitrogens with zero attached hydrogens (tertiary/aromatic N) is 1. The largest absolute Gasteiger partial charge is 0.302 e. The van der Waals surface area contributed by atoms with Crippen molar-refractivity contribution in [3.63, 3.8) is 0 Å². The van der Waals surface area contributed by atoms with E-state index in [1.165, 1.54) is 21.9 Å². The van der Waals surface area contributed by atoms with E-state index in [0.717, 1.165) is 17.2 Å². The van der Waals surface area contributed by atoms with E-state index in [2.05, 4.69) is 65.1 Å². The fourth-order valence-electron chi connectivity index (χ4n) is 2.98. The fraction of sp³-hybridized carbons (Fsp3) is 0.105. The van der Waals surface area contributed by atoms with Crippen molar-refractivity contribution in [1.82, 2.24) is 5.43 Å². The molecule has 0 bridgehead atoms. The maximum absolute atomic E-state index is 5.96.